The van der Waals surface area contributed by atoms with E-state index in [0.717, 1.165) is 6.07 Å². The highest BCUT2D eigenvalue weighted by Gasteiger charge is 2.34. The van der Waals surface area contributed by atoms with Crippen molar-refractivity contribution in [1.82, 2.24) is 0 Å². The van der Waals surface area contributed by atoms with Gasteiger partial charge in [-0.2, -0.15) is 13.2 Å². The molecule has 0 amide bonds. The fourth-order valence-corrected chi connectivity index (χ4v) is 1.41. The van der Waals surface area contributed by atoms with Gasteiger partial charge in [-0.15, -0.1) is 0 Å². The molecule has 0 aliphatic rings. The highest BCUT2D eigenvalue weighted by Crippen LogP contribution is 2.37. The van der Waals surface area contributed by atoms with Crippen molar-refractivity contribution < 1.29 is 17.9 Å². The van der Waals surface area contributed by atoms with Crippen LogP contribution >= 0.6 is 0 Å². The summed E-state index contributed by atoms with van der Waals surface area (Å²) in [4.78, 5) is 0. The first-order valence-corrected chi connectivity index (χ1v) is 4.96. The van der Waals surface area contributed by atoms with Crippen LogP contribution in [0.5, 0.6) is 11.5 Å². The number of ether oxygens (including phenoxy) is 1. The molecule has 4 heteroatoms. The predicted molar refractivity (Wildman–Crippen MR) is 58.0 cm³/mol. The summed E-state index contributed by atoms with van der Waals surface area (Å²) in [6, 6.07) is 13.5. The highest BCUT2D eigenvalue weighted by atomic mass is 19.4. The van der Waals surface area contributed by atoms with Crippen LogP contribution in [0.15, 0.2) is 54.6 Å². The quantitative estimate of drug-likeness (QED) is 0.748. The molecule has 0 N–H and O–H groups in total. The van der Waals surface area contributed by atoms with Gasteiger partial charge in [-0.05, 0) is 24.3 Å². The topological polar surface area (TPSA) is 9.23 Å². The van der Waals surface area contributed by atoms with Gasteiger partial charge >= 0.3 is 6.18 Å². The zero-order chi connectivity index (χ0) is 12.3. The maximum absolute atomic E-state index is 12.7. The molecular formula is C13H9F3O. The Hall–Kier alpha value is -1.97. The van der Waals surface area contributed by atoms with Crippen molar-refractivity contribution in [2.45, 2.75) is 6.18 Å². The molecule has 0 saturated heterocycles. The zero-order valence-electron chi connectivity index (χ0n) is 8.74. The standard InChI is InChI=1S/C13H9F3O/c14-13(15,16)11-8-4-5-9-12(11)17-10-6-2-1-3-7-10/h1-9H. The second kappa shape index (κ2) is 4.49. The molecule has 0 saturated carbocycles. The van der Waals surface area contributed by atoms with Crippen LogP contribution in [0.4, 0.5) is 13.2 Å². The smallest absolute Gasteiger partial charge is 0.419 e. The van der Waals surface area contributed by atoms with Gasteiger partial charge in [0.2, 0.25) is 0 Å². The summed E-state index contributed by atoms with van der Waals surface area (Å²) in [6.45, 7) is 0. The molecule has 0 radical (unpaired) electrons. The number of hydrogen-bond donors (Lipinski definition) is 0. The molecule has 0 aliphatic heterocycles. The minimum absolute atomic E-state index is 0.189. The first-order chi connectivity index (χ1) is 8.07. The number of hydrogen-bond acceptors (Lipinski definition) is 1. The van der Waals surface area contributed by atoms with Crippen LogP contribution in [0, 0.1) is 0 Å². The maximum Gasteiger partial charge on any atom is 0.419 e. The highest BCUT2D eigenvalue weighted by molar-refractivity contribution is 5.39. The van der Waals surface area contributed by atoms with Gasteiger partial charge in [0.25, 0.3) is 0 Å². The Kier molecular flexibility index (Phi) is 3.04. The number of rotatable bonds is 2. The summed E-state index contributed by atoms with van der Waals surface area (Å²) in [5.41, 5.74) is -0.774. The molecule has 0 heterocycles. The molecule has 0 aliphatic carbocycles. The second-order valence-corrected chi connectivity index (χ2v) is 3.41. The van der Waals surface area contributed by atoms with Crippen molar-refractivity contribution in [3.63, 3.8) is 0 Å². The number of para-hydroxylation sites is 2. The second-order valence-electron chi connectivity index (χ2n) is 3.41. The first-order valence-electron chi connectivity index (χ1n) is 4.96. The SMILES string of the molecule is FC(F)(F)c1ccccc1Oc1ccccc1. The molecule has 0 spiro atoms. The molecule has 0 atom stereocenters. The van der Waals surface area contributed by atoms with Gasteiger partial charge in [0.15, 0.2) is 0 Å². The normalized spacial score (nSPS) is 11.2. The molecule has 0 unspecified atom stereocenters. The Bertz CT molecular complexity index is 492. The molecule has 1 nitrogen and oxygen atoms in total. The van der Waals surface area contributed by atoms with Gasteiger partial charge in [-0.3, -0.25) is 0 Å². The molecule has 2 aromatic carbocycles. The van der Waals surface area contributed by atoms with Crippen molar-refractivity contribution in [3.8, 4) is 11.5 Å². The maximum atomic E-state index is 12.7. The minimum Gasteiger partial charge on any atom is -0.457 e. The number of halogens is 3. The van der Waals surface area contributed by atoms with Gasteiger partial charge in [-0.25, -0.2) is 0 Å². The van der Waals surface area contributed by atoms with Crippen LogP contribution in [0.2, 0.25) is 0 Å². The first kappa shape index (κ1) is 11.5. The average molecular weight is 238 g/mol. The van der Waals surface area contributed by atoms with E-state index in [0.29, 0.717) is 5.75 Å². The molecule has 2 aromatic rings. The van der Waals surface area contributed by atoms with E-state index < -0.39 is 11.7 Å². The van der Waals surface area contributed by atoms with Gasteiger partial charge in [0, 0.05) is 0 Å². The third-order valence-corrected chi connectivity index (χ3v) is 2.16. The zero-order valence-corrected chi connectivity index (χ0v) is 8.74. The Labute approximate surface area is 96.5 Å². The van der Waals surface area contributed by atoms with Crippen LogP contribution in [-0.4, -0.2) is 0 Å². The molecular weight excluding hydrogens is 229 g/mol. The largest absolute Gasteiger partial charge is 0.457 e. The lowest BCUT2D eigenvalue weighted by molar-refractivity contribution is -0.138. The van der Waals surface area contributed by atoms with E-state index in [-0.39, 0.29) is 5.75 Å². The number of alkyl halides is 3. The van der Waals surface area contributed by atoms with Gasteiger partial charge in [0.05, 0.1) is 5.56 Å². The third kappa shape index (κ3) is 2.78. The van der Waals surface area contributed by atoms with E-state index in [1.165, 1.54) is 18.2 Å². The molecule has 0 aromatic heterocycles. The van der Waals surface area contributed by atoms with E-state index in [2.05, 4.69) is 0 Å². The summed E-state index contributed by atoms with van der Waals surface area (Å²) in [5.74, 6) is 0.190. The van der Waals surface area contributed by atoms with Gasteiger partial charge < -0.3 is 4.74 Å². The van der Waals surface area contributed by atoms with Crippen LogP contribution in [0.25, 0.3) is 0 Å². The van der Waals surface area contributed by atoms with Gasteiger partial charge in [0.1, 0.15) is 11.5 Å². The van der Waals surface area contributed by atoms with E-state index >= 15 is 0 Å². The van der Waals surface area contributed by atoms with E-state index in [1.807, 2.05) is 0 Å². The van der Waals surface area contributed by atoms with Crippen molar-refractivity contribution in [3.05, 3.63) is 60.2 Å². The van der Waals surface area contributed by atoms with Crippen LogP contribution in [-0.2, 0) is 6.18 Å². The van der Waals surface area contributed by atoms with E-state index in [9.17, 15) is 13.2 Å². The molecule has 17 heavy (non-hydrogen) atoms. The minimum atomic E-state index is -4.41. The summed E-state index contributed by atoms with van der Waals surface area (Å²) in [7, 11) is 0. The Morgan fingerprint density at radius 3 is 2.00 bits per heavy atom. The summed E-state index contributed by atoms with van der Waals surface area (Å²) >= 11 is 0. The van der Waals surface area contributed by atoms with Crippen LogP contribution in [0.3, 0.4) is 0 Å². The van der Waals surface area contributed by atoms with Crippen molar-refractivity contribution in [2.24, 2.45) is 0 Å². The van der Waals surface area contributed by atoms with Crippen LogP contribution < -0.4 is 4.74 Å². The molecule has 0 fully saturated rings. The summed E-state index contributed by atoms with van der Waals surface area (Å²) in [6.07, 6.45) is -4.41. The lowest BCUT2D eigenvalue weighted by atomic mass is 10.2. The molecule has 88 valence electrons. The van der Waals surface area contributed by atoms with Gasteiger partial charge in [-0.1, -0.05) is 30.3 Å². The van der Waals surface area contributed by atoms with Crippen molar-refractivity contribution >= 4 is 0 Å². The average Bonchev–Trinajstić information content (AvgIpc) is 2.30. The fraction of sp³-hybridized carbons (Fsp3) is 0.0769. The molecule has 2 rings (SSSR count). The fourth-order valence-electron chi connectivity index (χ4n) is 1.41. The monoisotopic (exact) mass is 238 g/mol. The van der Waals surface area contributed by atoms with Crippen LogP contribution in [0.1, 0.15) is 5.56 Å². The lowest BCUT2D eigenvalue weighted by Gasteiger charge is -2.13. The Morgan fingerprint density at radius 2 is 1.35 bits per heavy atom. The third-order valence-electron chi connectivity index (χ3n) is 2.16. The van der Waals surface area contributed by atoms with E-state index in [1.54, 1.807) is 30.3 Å². The van der Waals surface area contributed by atoms with Crippen molar-refractivity contribution in [1.29, 1.82) is 0 Å². The van der Waals surface area contributed by atoms with E-state index in [4.69, 9.17) is 4.74 Å². The predicted octanol–water partition coefficient (Wildman–Crippen LogP) is 4.50. The summed E-state index contributed by atoms with van der Waals surface area (Å²) < 4.78 is 43.2. The Balaban J connectivity index is 2.34. The lowest BCUT2D eigenvalue weighted by Crippen LogP contribution is -2.06. The number of benzene rings is 2. The van der Waals surface area contributed by atoms with Crippen molar-refractivity contribution in [2.75, 3.05) is 0 Å². The Morgan fingerprint density at radius 1 is 0.765 bits per heavy atom. The summed E-state index contributed by atoms with van der Waals surface area (Å²) in [5, 5.41) is 0. The molecule has 0 bridgehead atoms.